The molecule has 1 amide bonds. The standard InChI is InChI=1S/C13H15BrF2N6O3/c1-7-12(22(24)25)11(13(15)16)18-21(7)6-10(23)19(2)5-9-8(14)4-17-20(9)3/h4,13H,5-6H2,1-3H3. The Labute approximate surface area is 149 Å². The number of nitrogens with zero attached hydrogens (tertiary/aromatic N) is 6. The molecule has 2 aromatic heterocycles. The molecule has 0 saturated heterocycles. The molecule has 0 aliphatic rings. The molecular formula is C13H15BrF2N6O3. The highest BCUT2D eigenvalue weighted by atomic mass is 79.9. The van der Waals surface area contributed by atoms with E-state index in [1.165, 1.54) is 18.9 Å². The molecular weight excluding hydrogens is 406 g/mol. The number of likely N-dealkylation sites (N-methyl/N-ethyl adjacent to an activating group) is 1. The first-order valence-electron chi connectivity index (χ1n) is 7.03. The smallest absolute Gasteiger partial charge is 0.319 e. The van der Waals surface area contributed by atoms with E-state index in [4.69, 9.17) is 0 Å². The second-order valence-electron chi connectivity index (χ2n) is 5.35. The van der Waals surface area contributed by atoms with Crippen molar-refractivity contribution in [3.63, 3.8) is 0 Å². The van der Waals surface area contributed by atoms with E-state index in [0.717, 1.165) is 14.8 Å². The van der Waals surface area contributed by atoms with E-state index in [0.29, 0.717) is 0 Å². The van der Waals surface area contributed by atoms with Crippen LogP contribution in [0.3, 0.4) is 0 Å². The van der Waals surface area contributed by atoms with Crippen LogP contribution in [0.2, 0.25) is 0 Å². The van der Waals surface area contributed by atoms with Crippen LogP contribution in [0.5, 0.6) is 0 Å². The summed E-state index contributed by atoms with van der Waals surface area (Å²) < 4.78 is 29.1. The fourth-order valence-electron chi connectivity index (χ4n) is 2.26. The maximum atomic E-state index is 12.9. The van der Waals surface area contributed by atoms with Crippen LogP contribution in [0.25, 0.3) is 0 Å². The van der Waals surface area contributed by atoms with Gasteiger partial charge in [-0.05, 0) is 22.9 Å². The van der Waals surface area contributed by atoms with E-state index < -0.39 is 28.6 Å². The number of halogens is 3. The van der Waals surface area contributed by atoms with Gasteiger partial charge in [-0.3, -0.25) is 24.3 Å². The third kappa shape index (κ3) is 3.83. The van der Waals surface area contributed by atoms with Crippen molar-refractivity contribution >= 4 is 27.5 Å². The Balaban J connectivity index is 2.20. The molecule has 136 valence electrons. The minimum Gasteiger partial charge on any atom is -0.338 e. The molecule has 9 nitrogen and oxygen atoms in total. The number of aromatic nitrogens is 4. The zero-order chi connectivity index (χ0) is 18.9. The third-order valence-corrected chi connectivity index (χ3v) is 4.36. The number of hydrogen-bond acceptors (Lipinski definition) is 5. The minimum absolute atomic E-state index is 0.0937. The van der Waals surface area contributed by atoms with Crippen molar-refractivity contribution in [2.75, 3.05) is 7.05 Å². The summed E-state index contributed by atoms with van der Waals surface area (Å²) in [6.07, 6.45) is -1.51. The topological polar surface area (TPSA) is 99.1 Å². The van der Waals surface area contributed by atoms with Crippen molar-refractivity contribution in [3.05, 3.63) is 37.9 Å². The number of carbonyl (C=O) groups is 1. The van der Waals surface area contributed by atoms with Crippen LogP contribution in [-0.2, 0) is 24.9 Å². The molecule has 0 aliphatic heterocycles. The van der Waals surface area contributed by atoms with Crippen LogP contribution in [-0.4, -0.2) is 42.3 Å². The summed E-state index contributed by atoms with van der Waals surface area (Å²) in [6, 6.07) is 0. The van der Waals surface area contributed by atoms with Gasteiger partial charge in [-0.15, -0.1) is 0 Å². The van der Waals surface area contributed by atoms with Gasteiger partial charge in [-0.2, -0.15) is 10.2 Å². The van der Waals surface area contributed by atoms with Gasteiger partial charge in [0.05, 0.1) is 27.8 Å². The Morgan fingerprint density at radius 2 is 2.16 bits per heavy atom. The first-order chi connectivity index (χ1) is 11.6. The highest BCUT2D eigenvalue weighted by Crippen LogP contribution is 2.30. The molecule has 0 saturated carbocycles. The Hall–Kier alpha value is -2.37. The van der Waals surface area contributed by atoms with Crippen LogP contribution in [0.4, 0.5) is 14.5 Å². The number of amides is 1. The van der Waals surface area contributed by atoms with Gasteiger partial charge < -0.3 is 4.90 Å². The van der Waals surface area contributed by atoms with Gasteiger partial charge in [-0.1, -0.05) is 0 Å². The molecule has 0 spiro atoms. The van der Waals surface area contributed by atoms with E-state index in [-0.39, 0.29) is 18.8 Å². The highest BCUT2D eigenvalue weighted by Gasteiger charge is 2.31. The number of rotatable bonds is 6. The van der Waals surface area contributed by atoms with E-state index in [9.17, 15) is 23.7 Å². The maximum absolute atomic E-state index is 12.9. The first-order valence-corrected chi connectivity index (χ1v) is 7.83. The van der Waals surface area contributed by atoms with E-state index >= 15 is 0 Å². The summed E-state index contributed by atoms with van der Waals surface area (Å²) >= 11 is 3.32. The van der Waals surface area contributed by atoms with Crippen molar-refractivity contribution in [3.8, 4) is 0 Å². The molecule has 0 aromatic carbocycles. The maximum Gasteiger partial charge on any atom is 0.319 e. The Morgan fingerprint density at radius 1 is 1.52 bits per heavy atom. The summed E-state index contributed by atoms with van der Waals surface area (Å²) in [7, 11) is 3.25. The van der Waals surface area contributed by atoms with Crippen molar-refractivity contribution in [1.29, 1.82) is 0 Å². The van der Waals surface area contributed by atoms with Crippen molar-refractivity contribution < 1.29 is 18.5 Å². The molecule has 2 aromatic rings. The molecule has 0 bridgehead atoms. The lowest BCUT2D eigenvalue weighted by Gasteiger charge is -2.18. The normalized spacial score (nSPS) is 11.2. The molecule has 0 atom stereocenters. The number of nitro groups is 1. The Morgan fingerprint density at radius 3 is 2.60 bits per heavy atom. The van der Waals surface area contributed by atoms with Crippen LogP contribution in [0.1, 0.15) is 23.5 Å². The van der Waals surface area contributed by atoms with Gasteiger partial charge in [-0.25, -0.2) is 8.78 Å². The fraction of sp³-hybridized carbons (Fsp3) is 0.462. The first kappa shape index (κ1) is 19.0. The van der Waals surface area contributed by atoms with E-state index in [2.05, 4.69) is 26.1 Å². The van der Waals surface area contributed by atoms with Crippen molar-refractivity contribution in [2.45, 2.75) is 26.4 Å². The van der Waals surface area contributed by atoms with Gasteiger partial charge in [0.25, 0.3) is 6.43 Å². The largest absolute Gasteiger partial charge is 0.338 e. The lowest BCUT2D eigenvalue weighted by Crippen LogP contribution is -2.31. The quantitative estimate of drug-likeness (QED) is 0.526. The van der Waals surface area contributed by atoms with Crippen LogP contribution in [0, 0.1) is 17.0 Å². The SMILES string of the molecule is Cc1c([N+](=O)[O-])c(C(F)F)nn1CC(=O)N(C)Cc1c(Br)cnn1C. The highest BCUT2D eigenvalue weighted by molar-refractivity contribution is 9.10. The van der Waals surface area contributed by atoms with Gasteiger partial charge in [0.2, 0.25) is 11.6 Å². The van der Waals surface area contributed by atoms with Gasteiger partial charge in [0.15, 0.2) is 0 Å². The monoisotopic (exact) mass is 420 g/mol. The van der Waals surface area contributed by atoms with Crippen LogP contribution >= 0.6 is 15.9 Å². The molecule has 0 fully saturated rings. The zero-order valence-corrected chi connectivity index (χ0v) is 15.2. The molecule has 0 unspecified atom stereocenters. The van der Waals surface area contributed by atoms with Gasteiger partial charge in [0, 0.05) is 14.1 Å². The summed E-state index contributed by atoms with van der Waals surface area (Å²) in [4.78, 5) is 23.8. The predicted molar refractivity (Wildman–Crippen MR) is 86.0 cm³/mol. The minimum atomic E-state index is -3.10. The summed E-state index contributed by atoms with van der Waals surface area (Å²) in [5, 5.41) is 18.5. The fourth-order valence-corrected chi connectivity index (χ4v) is 2.74. The second kappa shape index (κ2) is 7.25. The van der Waals surface area contributed by atoms with E-state index in [1.54, 1.807) is 17.9 Å². The van der Waals surface area contributed by atoms with Gasteiger partial charge >= 0.3 is 5.69 Å². The summed E-state index contributed by atoms with van der Waals surface area (Å²) in [6.45, 7) is 1.12. The zero-order valence-electron chi connectivity index (χ0n) is 13.6. The lowest BCUT2D eigenvalue weighted by molar-refractivity contribution is -0.386. The number of hydrogen-bond donors (Lipinski definition) is 0. The van der Waals surface area contributed by atoms with Crippen LogP contribution < -0.4 is 0 Å². The average molecular weight is 421 g/mol. The second-order valence-corrected chi connectivity index (χ2v) is 6.20. The van der Waals surface area contributed by atoms with Gasteiger partial charge in [0.1, 0.15) is 12.2 Å². The van der Waals surface area contributed by atoms with E-state index in [1.807, 2.05) is 0 Å². The Kier molecular flexibility index (Phi) is 5.50. The molecule has 25 heavy (non-hydrogen) atoms. The average Bonchev–Trinajstić information content (AvgIpc) is 3.01. The molecule has 0 radical (unpaired) electrons. The number of carbonyl (C=O) groups excluding carboxylic acids is 1. The van der Waals surface area contributed by atoms with Crippen LogP contribution in [0.15, 0.2) is 10.7 Å². The molecule has 0 N–H and O–H groups in total. The lowest BCUT2D eigenvalue weighted by atomic mass is 10.3. The molecule has 2 heterocycles. The number of alkyl halides is 2. The van der Waals surface area contributed by atoms with Crippen molar-refractivity contribution in [2.24, 2.45) is 7.05 Å². The third-order valence-electron chi connectivity index (χ3n) is 3.70. The Bertz CT molecular complexity index is 800. The molecule has 2 rings (SSSR count). The molecule has 0 aliphatic carbocycles. The summed E-state index contributed by atoms with van der Waals surface area (Å²) in [5.74, 6) is -0.436. The summed E-state index contributed by atoms with van der Waals surface area (Å²) in [5.41, 5.74) is -1.05. The molecule has 12 heteroatoms. The number of aryl methyl sites for hydroxylation is 1. The predicted octanol–water partition coefficient (Wildman–Crippen LogP) is 2.19. The van der Waals surface area contributed by atoms with Crippen molar-refractivity contribution in [1.82, 2.24) is 24.5 Å².